The topological polar surface area (TPSA) is 243 Å². The molecule has 16 heteroatoms. The molecule has 12 nitrogen and oxygen atoms in total. The highest BCUT2D eigenvalue weighted by atomic mass is 16.5. The van der Waals surface area contributed by atoms with Gasteiger partial charge in [-0.1, -0.05) is 0 Å². The first-order valence-corrected chi connectivity index (χ1v) is 3.10. The smallest absolute Gasteiger partial charge is 0.402 e. The van der Waals surface area contributed by atoms with E-state index in [4.69, 9.17) is 60.3 Å². The van der Waals surface area contributed by atoms with Gasteiger partial charge in [0.25, 0.3) is 0 Å². The summed E-state index contributed by atoms with van der Waals surface area (Å²) in [5.41, 5.74) is 0. The average Bonchev–Trinajstić information content (AvgIpc) is 1.76. The van der Waals surface area contributed by atoms with E-state index in [1.54, 1.807) is 0 Å². The SMILES string of the molecule is OB(O)O.OB(O)O.OB(O)O.OB(O)O.[C]. The van der Waals surface area contributed by atoms with Crippen LogP contribution in [0, 0.1) is 7.43 Å². The van der Waals surface area contributed by atoms with Crippen molar-refractivity contribution in [2.45, 2.75) is 0 Å². The molecule has 0 bridgehead atoms. The standard InChI is InChI=1S/C.4BH3O3/c;4*2-1(3)4/h;4*2-4H. The van der Waals surface area contributed by atoms with Crippen LogP contribution in [0.1, 0.15) is 0 Å². The Morgan fingerprint density at radius 2 is 0.294 bits per heavy atom. The molecule has 17 heavy (non-hydrogen) atoms. The van der Waals surface area contributed by atoms with E-state index in [1.807, 2.05) is 0 Å². The Labute approximate surface area is 98.0 Å². The zero-order valence-electron chi connectivity index (χ0n) is 8.18. The van der Waals surface area contributed by atoms with Gasteiger partial charge in [-0.3, -0.25) is 0 Å². The highest BCUT2D eigenvalue weighted by Crippen LogP contribution is 1.41. The molecule has 0 fully saturated rings. The van der Waals surface area contributed by atoms with Gasteiger partial charge in [0.2, 0.25) is 0 Å². The molecular weight excluding hydrogens is 247 g/mol. The van der Waals surface area contributed by atoms with Gasteiger partial charge in [0.1, 0.15) is 0 Å². The molecule has 0 unspecified atom stereocenters. The Balaban J connectivity index is -0.0000000369. The summed E-state index contributed by atoms with van der Waals surface area (Å²) in [6.07, 6.45) is 0. The first-order valence-electron chi connectivity index (χ1n) is 3.10. The summed E-state index contributed by atoms with van der Waals surface area (Å²) in [5.74, 6) is 0. The molecule has 100 valence electrons. The van der Waals surface area contributed by atoms with Crippen LogP contribution in [0.15, 0.2) is 0 Å². The molecule has 0 heterocycles. The Hall–Kier alpha value is -0.220. The van der Waals surface area contributed by atoms with Gasteiger partial charge >= 0.3 is 29.3 Å². The second-order valence-corrected chi connectivity index (χ2v) is 1.39. The second-order valence-electron chi connectivity index (χ2n) is 1.39. The molecule has 0 aliphatic rings. The van der Waals surface area contributed by atoms with E-state index in [9.17, 15) is 0 Å². The average molecular weight is 259 g/mol. The fraction of sp³-hybridized carbons (Fsp3) is 0. The van der Waals surface area contributed by atoms with Crippen LogP contribution in [0.5, 0.6) is 0 Å². The maximum absolute atomic E-state index is 7.17. The van der Waals surface area contributed by atoms with Crippen molar-refractivity contribution in [2.24, 2.45) is 0 Å². The van der Waals surface area contributed by atoms with E-state index in [-0.39, 0.29) is 7.43 Å². The summed E-state index contributed by atoms with van der Waals surface area (Å²) in [5, 5.41) is 86.0. The van der Waals surface area contributed by atoms with Crippen LogP contribution >= 0.6 is 0 Å². The van der Waals surface area contributed by atoms with Crippen molar-refractivity contribution in [1.82, 2.24) is 0 Å². The molecule has 0 aromatic heterocycles. The molecule has 0 aromatic rings. The Morgan fingerprint density at radius 3 is 0.294 bits per heavy atom. The van der Waals surface area contributed by atoms with Crippen LogP contribution < -0.4 is 0 Å². The summed E-state index contributed by atoms with van der Waals surface area (Å²) in [4.78, 5) is 0. The van der Waals surface area contributed by atoms with Gasteiger partial charge in [-0.05, 0) is 0 Å². The fourth-order valence-electron chi connectivity index (χ4n) is 0. The van der Waals surface area contributed by atoms with Gasteiger partial charge < -0.3 is 60.3 Å². The minimum atomic E-state index is -2.17. The minimum absolute atomic E-state index is 0. The number of hydrogen-bond donors (Lipinski definition) is 12. The monoisotopic (exact) mass is 260 g/mol. The predicted octanol–water partition coefficient (Wildman–Crippen LogP) is -8.13. The van der Waals surface area contributed by atoms with Crippen LogP contribution in [-0.4, -0.2) is 89.6 Å². The molecule has 4 radical (unpaired) electrons. The lowest BCUT2D eigenvalue weighted by atomic mass is 10.3. The molecule has 0 amide bonds. The molecule has 0 spiro atoms. The molecule has 0 atom stereocenters. The van der Waals surface area contributed by atoms with Crippen molar-refractivity contribution < 1.29 is 60.3 Å². The summed E-state index contributed by atoms with van der Waals surface area (Å²) >= 11 is 0. The maximum atomic E-state index is 7.17. The van der Waals surface area contributed by atoms with Crippen LogP contribution in [0.25, 0.3) is 0 Å². The maximum Gasteiger partial charge on any atom is 0.631 e. The molecule has 0 rings (SSSR count). The Morgan fingerprint density at radius 1 is 0.294 bits per heavy atom. The van der Waals surface area contributed by atoms with Gasteiger partial charge in [-0.15, -0.1) is 0 Å². The minimum Gasteiger partial charge on any atom is -0.402 e. The van der Waals surface area contributed by atoms with Crippen molar-refractivity contribution in [3.63, 3.8) is 0 Å². The van der Waals surface area contributed by atoms with Crippen LogP contribution in [0.3, 0.4) is 0 Å². The first kappa shape index (κ1) is 30.1. The van der Waals surface area contributed by atoms with E-state index < -0.39 is 29.3 Å². The van der Waals surface area contributed by atoms with Crippen LogP contribution in [0.2, 0.25) is 0 Å². The van der Waals surface area contributed by atoms with Crippen molar-refractivity contribution in [3.8, 4) is 0 Å². The summed E-state index contributed by atoms with van der Waals surface area (Å²) in [6, 6.07) is 0. The van der Waals surface area contributed by atoms with E-state index in [0.29, 0.717) is 0 Å². The van der Waals surface area contributed by atoms with E-state index in [0.717, 1.165) is 0 Å². The summed E-state index contributed by atoms with van der Waals surface area (Å²) in [7, 11) is -8.67. The molecular formula is CH12B4O12. The molecule has 0 saturated carbocycles. The highest BCUT2D eigenvalue weighted by molar-refractivity contribution is 6.31. The number of rotatable bonds is 0. The molecule has 0 saturated heterocycles. The Bertz CT molecular complexity index is 61.5. The third-order valence-electron chi connectivity index (χ3n) is 0. The zero-order chi connectivity index (χ0) is 14.3. The third kappa shape index (κ3) is 61800. The van der Waals surface area contributed by atoms with E-state index >= 15 is 0 Å². The summed E-state index contributed by atoms with van der Waals surface area (Å²) < 4.78 is 0. The first-order chi connectivity index (χ1) is 6.93. The van der Waals surface area contributed by atoms with Crippen LogP contribution in [-0.2, 0) is 0 Å². The number of hydrogen-bond acceptors (Lipinski definition) is 12. The highest BCUT2D eigenvalue weighted by Gasteiger charge is 1.93. The van der Waals surface area contributed by atoms with E-state index in [1.165, 1.54) is 0 Å². The molecule has 0 aliphatic heterocycles. The predicted molar refractivity (Wildman–Crippen MR) is 52.9 cm³/mol. The van der Waals surface area contributed by atoms with Crippen molar-refractivity contribution in [3.05, 3.63) is 7.43 Å². The lowest BCUT2D eigenvalue weighted by Crippen LogP contribution is -2.07. The summed E-state index contributed by atoms with van der Waals surface area (Å²) in [6.45, 7) is 0. The zero-order valence-corrected chi connectivity index (χ0v) is 8.18. The largest absolute Gasteiger partial charge is 0.631 e. The quantitative estimate of drug-likeness (QED) is 0.181. The van der Waals surface area contributed by atoms with Gasteiger partial charge in [-0.2, -0.15) is 0 Å². The molecule has 12 N–H and O–H groups in total. The Kier molecular flexibility index (Phi) is 44.0. The third-order valence-corrected chi connectivity index (χ3v) is 0. The molecule has 0 aromatic carbocycles. The van der Waals surface area contributed by atoms with Gasteiger partial charge in [-0.25, -0.2) is 0 Å². The van der Waals surface area contributed by atoms with Crippen LogP contribution in [0.4, 0.5) is 0 Å². The lowest BCUT2D eigenvalue weighted by Gasteiger charge is -1.69. The van der Waals surface area contributed by atoms with Gasteiger partial charge in [0.15, 0.2) is 0 Å². The van der Waals surface area contributed by atoms with Crippen molar-refractivity contribution in [1.29, 1.82) is 0 Å². The van der Waals surface area contributed by atoms with Gasteiger partial charge in [0, 0.05) is 7.43 Å². The fourth-order valence-corrected chi connectivity index (χ4v) is 0. The van der Waals surface area contributed by atoms with Crippen molar-refractivity contribution >= 4 is 29.3 Å². The molecule has 0 aliphatic carbocycles. The van der Waals surface area contributed by atoms with E-state index in [2.05, 4.69) is 0 Å². The normalized spacial score (nSPS) is 6.35. The second kappa shape index (κ2) is 24.8. The van der Waals surface area contributed by atoms with Gasteiger partial charge in [0.05, 0.1) is 0 Å². The van der Waals surface area contributed by atoms with Crippen molar-refractivity contribution in [2.75, 3.05) is 0 Å². The lowest BCUT2D eigenvalue weighted by molar-refractivity contribution is 0.276.